The third-order valence-corrected chi connectivity index (χ3v) is 4.28. The SMILES string of the molecule is CCCCOCCOCCOCCOCCCC(=O)OC1CCCCC1. The van der Waals surface area contributed by atoms with E-state index in [0.717, 1.165) is 32.3 Å². The monoisotopic (exact) mass is 374 g/mol. The van der Waals surface area contributed by atoms with Crippen LogP contribution in [0.25, 0.3) is 0 Å². The number of rotatable bonds is 17. The van der Waals surface area contributed by atoms with Crippen molar-refractivity contribution >= 4 is 5.97 Å². The highest BCUT2D eigenvalue weighted by atomic mass is 16.6. The molecule has 0 spiro atoms. The summed E-state index contributed by atoms with van der Waals surface area (Å²) < 4.78 is 27.2. The summed E-state index contributed by atoms with van der Waals surface area (Å²) in [6.07, 6.45) is 9.21. The van der Waals surface area contributed by atoms with Gasteiger partial charge in [-0.25, -0.2) is 0 Å². The van der Waals surface area contributed by atoms with E-state index in [9.17, 15) is 4.79 Å². The van der Waals surface area contributed by atoms with Crippen LogP contribution in [0, 0.1) is 0 Å². The van der Waals surface area contributed by atoms with Crippen LogP contribution in [0.5, 0.6) is 0 Å². The Balaban J connectivity index is 1.73. The van der Waals surface area contributed by atoms with Crippen molar-refractivity contribution in [3.05, 3.63) is 0 Å². The van der Waals surface area contributed by atoms with Crippen LogP contribution in [0.15, 0.2) is 0 Å². The fourth-order valence-electron chi connectivity index (χ4n) is 2.75. The predicted octanol–water partition coefficient (Wildman–Crippen LogP) is 3.51. The zero-order valence-electron chi connectivity index (χ0n) is 16.5. The smallest absolute Gasteiger partial charge is 0.306 e. The molecule has 0 aromatic rings. The molecule has 1 fully saturated rings. The molecular formula is C20H38O6. The molecule has 1 rings (SSSR count). The molecule has 0 aromatic carbocycles. The van der Waals surface area contributed by atoms with Gasteiger partial charge in [-0.2, -0.15) is 0 Å². The molecule has 0 N–H and O–H groups in total. The third kappa shape index (κ3) is 14.5. The molecule has 0 aromatic heterocycles. The minimum absolute atomic E-state index is 0.0902. The molecule has 0 amide bonds. The van der Waals surface area contributed by atoms with Crippen LogP contribution < -0.4 is 0 Å². The molecule has 0 radical (unpaired) electrons. The fraction of sp³-hybridized carbons (Fsp3) is 0.950. The van der Waals surface area contributed by atoms with Gasteiger partial charge in [0, 0.05) is 19.6 Å². The van der Waals surface area contributed by atoms with E-state index in [4.69, 9.17) is 23.7 Å². The molecule has 1 aliphatic carbocycles. The van der Waals surface area contributed by atoms with E-state index in [2.05, 4.69) is 6.92 Å². The molecular weight excluding hydrogens is 336 g/mol. The molecule has 1 aliphatic rings. The number of hydrogen-bond donors (Lipinski definition) is 0. The van der Waals surface area contributed by atoms with E-state index in [1.807, 2.05) is 0 Å². The number of hydrogen-bond acceptors (Lipinski definition) is 6. The van der Waals surface area contributed by atoms with E-state index in [0.29, 0.717) is 59.1 Å². The summed E-state index contributed by atoms with van der Waals surface area (Å²) in [5.41, 5.74) is 0. The molecule has 0 atom stereocenters. The Morgan fingerprint density at radius 2 is 1.23 bits per heavy atom. The molecule has 0 saturated heterocycles. The van der Waals surface area contributed by atoms with Crippen molar-refractivity contribution in [1.82, 2.24) is 0 Å². The zero-order valence-corrected chi connectivity index (χ0v) is 16.5. The molecule has 1 saturated carbocycles. The molecule has 6 nitrogen and oxygen atoms in total. The van der Waals surface area contributed by atoms with Crippen molar-refractivity contribution in [2.45, 2.75) is 70.8 Å². The van der Waals surface area contributed by atoms with Crippen LogP contribution in [-0.4, -0.2) is 64.9 Å². The summed E-state index contributed by atoms with van der Waals surface area (Å²) >= 11 is 0. The zero-order chi connectivity index (χ0) is 18.7. The fourth-order valence-corrected chi connectivity index (χ4v) is 2.75. The number of carbonyl (C=O) groups excluding carboxylic acids is 1. The van der Waals surface area contributed by atoms with Gasteiger partial charge in [-0.3, -0.25) is 4.79 Å². The molecule has 154 valence electrons. The second kappa shape index (κ2) is 17.7. The first-order chi connectivity index (χ1) is 12.8. The van der Waals surface area contributed by atoms with Crippen LogP contribution in [-0.2, 0) is 28.5 Å². The Hall–Kier alpha value is -0.690. The van der Waals surface area contributed by atoms with E-state index in [1.54, 1.807) is 0 Å². The molecule has 6 heteroatoms. The molecule has 0 heterocycles. The van der Waals surface area contributed by atoms with Gasteiger partial charge in [0.05, 0.1) is 39.6 Å². The lowest BCUT2D eigenvalue weighted by atomic mass is 9.98. The van der Waals surface area contributed by atoms with Gasteiger partial charge in [-0.1, -0.05) is 19.8 Å². The van der Waals surface area contributed by atoms with Crippen molar-refractivity contribution < 1.29 is 28.5 Å². The first kappa shape index (κ1) is 23.3. The quantitative estimate of drug-likeness (QED) is 0.287. The van der Waals surface area contributed by atoms with Gasteiger partial charge in [-0.15, -0.1) is 0 Å². The van der Waals surface area contributed by atoms with Crippen molar-refractivity contribution in [3.8, 4) is 0 Å². The van der Waals surface area contributed by atoms with Crippen molar-refractivity contribution in [3.63, 3.8) is 0 Å². The number of ether oxygens (including phenoxy) is 5. The lowest BCUT2D eigenvalue weighted by molar-refractivity contribution is -0.150. The lowest BCUT2D eigenvalue weighted by Gasteiger charge is -2.21. The normalized spacial score (nSPS) is 15.3. The number of unbranched alkanes of at least 4 members (excludes halogenated alkanes) is 1. The summed E-state index contributed by atoms with van der Waals surface area (Å²) in [7, 11) is 0. The van der Waals surface area contributed by atoms with Gasteiger partial charge in [0.25, 0.3) is 0 Å². The highest BCUT2D eigenvalue weighted by Gasteiger charge is 2.17. The Bertz CT molecular complexity index is 317. The Morgan fingerprint density at radius 1 is 0.731 bits per heavy atom. The number of esters is 1. The van der Waals surface area contributed by atoms with Gasteiger partial charge < -0.3 is 23.7 Å². The molecule has 0 bridgehead atoms. The standard InChI is InChI=1S/C20H38O6/c1-2-3-11-22-13-15-24-17-18-25-16-14-23-12-7-10-20(21)26-19-8-5-4-6-9-19/h19H,2-18H2,1H3. The largest absolute Gasteiger partial charge is 0.462 e. The second-order valence-electron chi connectivity index (χ2n) is 6.66. The Kier molecular flexibility index (Phi) is 15.9. The number of carbonyl (C=O) groups is 1. The average molecular weight is 375 g/mol. The maximum atomic E-state index is 11.7. The van der Waals surface area contributed by atoms with Gasteiger partial charge in [0.1, 0.15) is 6.10 Å². The Morgan fingerprint density at radius 3 is 1.77 bits per heavy atom. The van der Waals surface area contributed by atoms with E-state index < -0.39 is 0 Å². The first-order valence-corrected chi connectivity index (χ1v) is 10.3. The molecule has 26 heavy (non-hydrogen) atoms. The van der Waals surface area contributed by atoms with Crippen LogP contribution in [0.2, 0.25) is 0 Å². The molecule has 0 aliphatic heterocycles. The summed E-state index contributed by atoms with van der Waals surface area (Å²) in [6, 6.07) is 0. The van der Waals surface area contributed by atoms with Gasteiger partial charge in [0.15, 0.2) is 0 Å². The van der Waals surface area contributed by atoms with Gasteiger partial charge >= 0.3 is 5.97 Å². The third-order valence-electron chi connectivity index (χ3n) is 4.28. The second-order valence-corrected chi connectivity index (χ2v) is 6.66. The minimum atomic E-state index is -0.0902. The van der Waals surface area contributed by atoms with Crippen LogP contribution in [0.3, 0.4) is 0 Å². The van der Waals surface area contributed by atoms with E-state index in [1.165, 1.54) is 19.3 Å². The first-order valence-electron chi connectivity index (χ1n) is 10.3. The summed E-state index contributed by atoms with van der Waals surface area (Å²) in [4.78, 5) is 11.7. The highest BCUT2D eigenvalue weighted by Crippen LogP contribution is 2.20. The maximum Gasteiger partial charge on any atom is 0.306 e. The van der Waals surface area contributed by atoms with Crippen LogP contribution in [0.1, 0.15) is 64.7 Å². The van der Waals surface area contributed by atoms with Gasteiger partial charge in [-0.05, 0) is 38.5 Å². The summed E-state index contributed by atoms with van der Waals surface area (Å²) in [5, 5.41) is 0. The maximum absolute atomic E-state index is 11.7. The van der Waals surface area contributed by atoms with Gasteiger partial charge in [0.2, 0.25) is 0 Å². The topological polar surface area (TPSA) is 63.2 Å². The highest BCUT2D eigenvalue weighted by molar-refractivity contribution is 5.69. The van der Waals surface area contributed by atoms with Crippen molar-refractivity contribution in [2.24, 2.45) is 0 Å². The Labute approximate surface area is 158 Å². The molecule has 0 unspecified atom stereocenters. The van der Waals surface area contributed by atoms with Crippen LogP contribution >= 0.6 is 0 Å². The van der Waals surface area contributed by atoms with E-state index >= 15 is 0 Å². The van der Waals surface area contributed by atoms with E-state index in [-0.39, 0.29) is 12.1 Å². The van der Waals surface area contributed by atoms with Crippen LogP contribution in [0.4, 0.5) is 0 Å². The predicted molar refractivity (Wildman–Crippen MR) is 100 cm³/mol. The van der Waals surface area contributed by atoms with Crippen molar-refractivity contribution in [2.75, 3.05) is 52.9 Å². The summed E-state index contributed by atoms with van der Waals surface area (Å²) in [6.45, 7) is 7.00. The lowest BCUT2D eigenvalue weighted by Crippen LogP contribution is -2.21. The summed E-state index contributed by atoms with van der Waals surface area (Å²) in [5.74, 6) is -0.0902. The minimum Gasteiger partial charge on any atom is -0.462 e. The van der Waals surface area contributed by atoms with Crippen molar-refractivity contribution in [1.29, 1.82) is 0 Å². The average Bonchev–Trinajstić information content (AvgIpc) is 2.65.